The van der Waals surface area contributed by atoms with Gasteiger partial charge in [0.2, 0.25) is 0 Å². The Kier molecular flexibility index (Phi) is 9.26. The third-order valence-electron chi connectivity index (χ3n) is 2.55. The molecule has 6 heteroatoms. The van der Waals surface area contributed by atoms with E-state index in [-0.39, 0.29) is 5.50 Å². The molecule has 0 radical (unpaired) electrons. The van der Waals surface area contributed by atoms with E-state index in [1.165, 1.54) is 0 Å². The van der Waals surface area contributed by atoms with Gasteiger partial charge in [-0.3, -0.25) is 4.57 Å². The van der Waals surface area contributed by atoms with Crippen molar-refractivity contribution in [3.63, 3.8) is 0 Å². The summed E-state index contributed by atoms with van der Waals surface area (Å²) in [7, 11) is -4.94. The van der Waals surface area contributed by atoms with E-state index in [0.29, 0.717) is 25.3 Å². The summed E-state index contributed by atoms with van der Waals surface area (Å²) in [6.07, 6.45) is 1.82. The third kappa shape index (κ3) is 7.34. The second-order valence-electron chi connectivity index (χ2n) is 5.85. The average Bonchev–Trinajstić information content (AvgIpc) is 2.37. The number of ether oxygens (including phenoxy) is 2. The lowest BCUT2D eigenvalue weighted by Gasteiger charge is -2.25. The fraction of sp³-hybridized carbons (Fsp3) is 0.733. The number of rotatable bonds is 11. The van der Waals surface area contributed by atoms with Crippen molar-refractivity contribution < 1.29 is 18.6 Å². The van der Waals surface area contributed by atoms with Crippen LogP contribution in [-0.2, 0) is 18.6 Å². The molecule has 0 aromatic heterocycles. The Labute approximate surface area is 131 Å². The first-order valence-electron chi connectivity index (χ1n) is 7.64. The van der Waals surface area contributed by atoms with Gasteiger partial charge in [0.1, 0.15) is 0 Å². The van der Waals surface area contributed by atoms with Gasteiger partial charge in [0.15, 0.2) is 11.0 Å². The monoisotopic (exact) mass is 334 g/mol. The van der Waals surface area contributed by atoms with Crippen LogP contribution < -0.4 is 0 Å². The highest BCUT2D eigenvalue weighted by Gasteiger charge is 2.37. The van der Waals surface area contributed by atoms with Gasteiger partial charge in [-0.1, -0.05) is 39.6 Å². The molecule has 0 aromatic rings. The van der Waals surface area contributed by atoms with Crippen LogP contribution in [0.25, 0.3) is 0 Å². The highest BCUT2D eigenvalue weighted by atomic mass is 31.2. The maximum absolute atomic E-state index is 13.3. The zero-order chi connectivity index (χ0) is 16.5. The second-order valence-corrected chi connectivity index (χ2v) is 13.2. The van der Waals surface area contributed by atoms with Crippen molar-refractivity contribution >= 4 is 15.4 Å². The van der Waals surface area contributed by atoms with Gasteiger partial charge in [-0.25, -0.2) is 0 Å². The molecule has 0 aliphatic carbocycles. The fourth-order valence-electron chi connectivity index (χ4n) is 1.58. The molecule has 0 aliphatic heterocycles. The molecule has 124 valence electrons. The molecule has 21 heavy (non-hydrogen) atoms. The third-order valence-corrected chi connectivity index (χ3v) is 6.09. The Morgan fingerprint density at radius 1 is 1.14 bits per heavy atom. The topological polar surface area (TPSA) is 44.8 Å². The normalized spacial score (nSPS) is 15.4. The van der Waals surface area contributed by atoms with Gasteiger partial charge in [-0.15, -0.1) is 0 Å². The van der Waals surface area contributed by atoms with Crippen molar-refractivity contribution in [1.82, 2.24) is 0 Å². The molecule has 1 atom stereocenters. The Bertz CT molecular complexity index is 399. The SMILES string of the molecule is C=C(OCC)P(=O)(OCCCC)C(=C[Si](C)(C)C)OCC. The number of hydrogen-bond acceptors (Lipinski definition) is 4. The molecule has 0 spiro atoms. The van der Waals surface area contributed by atoms with Crippen LogP contribution in [0.1, 0.15) is 33.6 Å². The summed E-state index contributed by atoms with van der Waals surface area (Å²) in [6, 6.07) is 0. The largest absolute Gasteiger partial charge is 0.488 e. The maximum atomic E-state index is 13.3. The van der Waals surface area contributed by atoms with Crippen molar-refractivity contribution in [2.45, 2.75) is 53.3 Å². The minimum Gasteiger partial charge on any atom is -0.488 e. The lowest BCUT2D eigenvalue weighted by atomic mass is 10.4. The summed E-state index contributed by atoms with van der Waals surface area (Å²) < 4.78 is 30.1. The Morgan fingerprint density at radius 2 is 1.71 bits per heavy atom. The summed E-state index contributed by atoms with van der Waals surface area (Å²) in [5.41, 5.74) is 2.56. The standard InChI is InChI=1S/C15H31O4PSi/c1-8-11-12-19-20(16,14(4)17-9-2)15(18-10-3)13-21(5,6)7/h13H,4,8-12H2,1-3,5-7H3. The molecular weight excluding hydrogens is 303 g/mol. The van der Waals surface area contributed by atoms with Crippen molar-refractivity contribution in [3.8, 4) is 0 Å². The minimum atomic E-state index is -3.32. The minimum absolute atomic E-state index is 0.180. The molecule has 0 saturated carbocycles. The molecular formula is C15H31O4PSi. The quantitative estimate of drug-likeness (QED) is 0.221. The van der Waals surface area contributed by atoms with Crippen molar-refractivity contribution in [1.29, 1.82) is 0 Å². The smallest absolute Gasteiger partial charge is 0.327 e. The predicted octanol–water partition coefficient (Wildman–Crippen LogP) is 5.34. The molecule has 0 bridgehead atoms. The van der Waals surface area contributed by atoms with Crippen LogP contribution in [0.5, 0.6) is 0 Å². The molecule has 0 heterocycles. The van der Waals surface area contributed by atoms with Crippen molar-refractivity contribution in [3.05, 3.63) is 23.3 Å². The first kappa shape index (κ1) is 20.5. The second kappa shape index (κ2) is 9.49. The van der Waals surface area contributed by atoms with E-state index in [1.807, 2.05) is 19.5 Å². The van der Waals surface area contributed by atoms with Gasteiger partial charge in [0.25, 0.3) is 0 Å². The van der Waals surface area contributed by atoms with E-state index in [0.717, 1.165) is 12.8 Å². The Morgan fingerprint density at radius 3 is 2.14 bits per heavy atom. The van der Waals surface area contributed by atoms with Crippen LogP contribution in [0.15, 0.2) is 23.3 Å². The van der Waals surface area contributed by atoms with E-state index in [1.54, 1.807) is 0 Å². The van der Waals surface area contributed by atoms with Gasteiger partial charge >= 0.3 is 7.37 Å². The van der Waals surface area contributed by atoms with Crippen molar-refractivity contribution in [2.75, 3.05) is 19.8 Å². The first-order valence-corrected chi connectivity index (χ1v) is 12.8. The highest BCUT2D eigenvalue weighted by Crippen LogP contribution is 2.62. The van der Waals surface area contributed by atoms with E-state index < -0.39 is 15.4 Å². The van der Waals surface area contributed by atoms with Gasteiger partial charge in [0, 0.05) is 0 Å². The molecule has 0 aromatic carbocycles. The van der Waals surface area contributed by atoms with Crippen LogP contribution in [0.2, 0.25) is 19.6 Å². The van der Waals surface area contributed by atoms with Crippen LogP contribution in [0.3, 0.4) is 0 Å². The van der Waals surface area contributed by atoms with Gasteiger partial charge in [-0.2, -0.15) is 0 Å². The van der Waals surface area contributed by atoms with Gasteiger partial charge < -0.3 is 14.0 Å². The molecule has 0 rings (SSSR count). The van der Waals surface area contributed by atoms with E-state index in [9.17, 15) is 4.57 Å². The van der Waals surface area contributed by atoms with Crippen LogP contribution in [-0.4, -0.2) is 27.9 Å². The molecule has 1 unspecified atom stereocenters. The van der Waals surface area contributed by atoms with E-state index in [2.05, 4.69) is 33.1 Å². The molecule has 0 saturated heterocycles. The molecule has 4 nitrogen and oxygen atoms in total. The summed E-state index contributed by atoms with van der Waals surface area (Å²) in [5.74, 6) is 0. The highest BCUT2D eigenvalue weighted by molar-refractivity contribution is 7.67. The summed E-state index contributed by atoms with van der Waals surface area (Å²) in [6.45, 7) is 17.3. The fourth-order valence-corrected chi connectivity index (χ4v) is 5.74. The van der Waals surface area contributed by atoms with Crippen LogP contribution >= 0.6 is 7.37 Å². The Hall–Kier alpha value is -0.513. The lowest BCUT2D eigenvalue weighted by molar-refractivity contribution is 0.208. The molecule has 0 N–H and O–H groups in total. The summed E-state index contributed by atoms with van der Waals surface area (Å²) in [5, 5.41) is 0. The number of unbranched alkanes of at least 4 members (excludes halogenated alkanes) is 1. The molecule has 0 amide bonds. The lowest BCUT2D eigenvalue weighted by Crippen LogP contribution is -2.18. The summed E-state index contributed by atoms with van der Waals surface area (Å²) in [4.78, 5) is 0. The van der Waals surface area contributed by atoms with Crippen LogP contribution in [0.4, 0.5) is 0 Å². The van der Waals surface area contributed by atoms with Crippen LogP contribution in [0, 0.1) is 0 Å². The van der Waals surface area contributed by atoms with E-state index >= 15 is 0 Å². The summed E-state index contributed by atoms with van der Waals surface area (Å²) >= 11 is 0. The van der Waals surface area contributed by atoms with Gasteiger partial charge in [0.05, 0.1) is 27.9 Å². The van der Waals surface area contributed by atoms with Gasteiger partial charge in [-0.05, 0) is 26.0 Å². The first-order chi connectivity index (χ1) is 9.71. The zero-order valence-corrected chi connectivity index (χ0v) is 16.3. The Balaban J connectivity index is 5.54. The predicted molar refractivity (Wildman–Crippen MR) is 92.3 cm³/mol. The number of hydrogen-bond donors (Lipinski definition) is 0. The molecule has 0 aliphatic rings. The molecule has 0 fully saturated rings. The average molecular weight is 334 g/mol. The zero-order valence-electron chi connectivity index (χ0n) is 14.4. The van der Waals surface area contributed by atoms with Crippen molar-refractivity contribution in [2.24, 2.45) is 0 Å². The van der Waals surface area contributed by atoms with E-state index in [4.69, 9.17) is 14.0 Å². The maximum Gasteiger partial charge on any atom is 0.327 e.